The van der Waals surface area contributed by atoms with E-state index in [1.54, 1.807) is 13.8 Å². The second-order valence-corrected chi connectivity index (χ2v) is 6.54. The normalized spacial score (nSPS) is 17.0. The van der Waals surface area contributed by atoms with E-state index in [1.807, 2.05) is 29.2 Å². The van der Waals surface area contributed by atoms with Gasteiger partial charge >= 0.3 is 0 Å². The van der Waals surface area contributed by atoms with E-state index < -0.39 is 5.60 Å². The molecule has 2 rings (SSSR count). The summed E-state index contributed by atoms with van der Waals surface area (Å²) >= 11 is 0. The van der Waals surface area contributed by atoms with Crippen molar-refractivity contribution in [3.8, 4) is 0 Å². The number of aryl methyl sites for hydroxylation is 1. The highest BCUT2D eigenvalue weighted by Gasteiger charge is 2.22. The van der Waals surface area contributed by atoms with E-state index in [0.717, 1.165) is 12.0 Å². The van der Waals surface area contributed by atoms with Crippen molar-refractivity contribution < 1.29 is 15.0 Å². The van der Waals surface area contributed by atoms with Crippen molar-refractivity contribution in [3.05, 3.63) is 35.4 Å². The molecule has 0 radical (unpaired) electrons. The van der Waals surface area contributed by atoms with Crippen LogP contribution in [0.1, 0.15) is 49.0 Å². The Hall–Kier alpha value is -1.39. The van der Waals surface area contributed by atoms with Gasteiger partial charge in [-0.05, 0) is 57.2 Å². The van der Waals surface area contributed by atoms with Gasteiger partial charge in [0, 0.05) is 18.7 Å². The van der Waals surface area contributed by atoms with Crippen LogP contribution in [0.15, 0.2) is 24.3 Å². The average Bonchev–Trinajstić information content (AvgIpc) is 2.45. The van der Waals surface area contributed by atoms with Gasteiger partial charge in [-0.25, -0.2) is 0 Å². The number of hydrogen-bond acceptors (Lipinski definition) is 3. The molecular weight excluding hydrogens is 266 g/mol. The lowest BCUT2D eigenvalue weighted by Gasteiger charge is -2.29. The van der Waals surface area contributed by atoms with Crippen molar-refractivity contribution in [2.24, 2.45) is 0 Å². The molecule has 1 heterocycles. The number of carbonyl (C=O) groups is 1. The molecule has 1 fully saturated rings. The summed E-state index contributed by atoms with van der Waals surface area (Å²) in [5, 5.41) is 19.3. The number of likely N-dealkylation sites (tertiary alicyclic amines) is 1. The lowest BCUT2D eigenvalue weighted by atomic mass is 9.97. The maximum atomic E-state index is 12.5. The second kappa shape index (κ2) is 6.58. The van der Waals surface area contributed by atoms with E-state index >= 15 is 0 Å². The van der Waals surface area contributed by atoms with Crippen LogP contribution in [0.3, 0.4) is 0 Å². The van der Waals surface area contributed by atoms with Crippen molar-refractivity contribution in [2.75, 3.05) is 13.1 Å². The number of rotatable bonds is 4. The minimum atomic E-state index is -0.691. The Balaban J connectivity index is 2.01. The Kier molecular flexibility index (Phi) is 5.01. The van der Waals surface area contributed by atoms with Crippen LogP contribution in [-0.4, -0.2) is 45.8 Å². The van der Waals surface area contributed by atoms with Crippen LogP contribution in [0, 0.1) is 0 Å². The first-order chi connectivity index (χ1) is 9.85. The van der Waals surface area contributed by atoms with E-state index in [1.165, 1.54) is 0 Å². The van der Waals surface area contributed by atoms with Crippen molar-refractivity contribution in [2.45, 2.75) is 51.2 Å². The quantitative estimate of drug-likeness (QED) is 0.892. The monoisotopic (exact) mass is 291 g/mol. The summed E-state index contributed by atoms with van der Waals surface area (Å²) in [6, 6.07) is 7.63. The van der Waals surface area contributed by atoms with Crippen LogP contribution >= 0.6 is 0 Å². The molecule has 0 atom stereocenters. The summed E-state index contributed by atoms with van der Waals surface area (Å²) < 4.78 is 0. The van der Waals surface area contributed by atoms with Crippen LogP contribution in [-0.2, 0) is 6.42 Å². The summed E-state index contributed by atoms with van der Waals surface area (Å²) in [6.45, 7) is 4.82. The summed E-state index contributed by atoms with van der Waals surface area (Å²) in [5.41, 5.74) is 1.07. The van der Waals surface area contributed by atoms with Crippen LogP contribution in [0.25, 0.3) is 0 Å². The van der Waals surface area contributed by atoms with Crippen LogP contribution in [0.2, 0.25) is 0 Å². The van der Waals surface area contributed by atoms with Gasteiger partial charge in [0.15, 0.2) is 0 Å². The first-order valence-electron chi connectivity index (χ1n) is 7.64. The van der Waals surface area contributed by atoms with Crippen LogP contribution in [0.5, 0.6) is 0 Å². The fraction of sp³-hybridized carbons (Fsp3) is 0.588. The first kappa shape index (κ1) is 16.0. The number of aliphatic hydroxyl groups is 2. The fourth-order valence-electron chi connectivity index (χ4n) is 2.56. The van der Waals surface area contributed by atoms with Gasteiger partial charge in [0.1, 0.15) is 0 Å². The summed E-state index contributed by atoms with van der Waals surface area (Å²) in [4.78, 5) is 14.3. The van der Waals surface area contributed by atoms with E-state index in [2.05, 4.69) is 0 Å². The van der Waals surface area contributed by atoms with Gasteiger partial charge in [-0.3, -0.25) is 4.79 Å². The standard InChI is InChI=1S/C17H25NO3/c1-17(2,21)9-6-13-4-3-5-14(12-13)16(20)18-10-7-15(19)8-11-18/h3-5,12,15,19,21H,6-11H2,1-2H3. The zero-order chi connectivity index (χ0) is 15.5. The molecule has 0 aliphatic carbocycles. The number of aliphatic hydroxyl groups excluding tert-OH is 1. The largest absolute Gasteiger partial charge is 0.393 e. The molecule has 0 bridgehead atoms. The van der Waals surface area contributed by atoms with E-state index in [9.17, 15) is 15.0 Å². The molecule has 1 aliphatic heterocycles. The van der Waals surface area contributed by atoms with Gasteiger partial charge in [0.05, 0.1) is 11.7 Å². The number of benzene rings is 1. The Morgan fingerprint density at radius 2 is 2.00 bits per heavy atom. The van der Waals surface area contributed by atoms with E-state index in [0.29, 0.717) is 37.9 Å². The van der Waals surface area contributed by atoms with Crippen molar-refractivity contribution >= 4 is 5.91 Å². The average molecular weight is 291 g/mol. The molecule has 4 heteroatoms. The topological polar surface area (TPSA) is 60.8 Å². The molecule has 1 aliphatic rings. The summed E-state index contributed by atoms with van der Waals surface area (Å²) in [6.07, 6.45) is 2.46. The third-order valence-corrected chi connectivity index (χ3v) is 3.95. The number of piperidine rings is 1. The molecule has 0 aromatic heterocycles. The maximum absolute atomic E-state index is 12.5. The predicted molar refractivity (Wildman–Crippen MR) is 82.2 cm³/mol. The molecule has 1 saturated heterocycles. The zero-order valence-corrected chi connectivity index (χ0v) is 12.9. The van der Waals surface area contributed by atoms with Gasteiger partial charge in [-0.2, -0.15) is 0 Å². The molecule has 0 unspecified atom stereocenters. The summed E-state index contributed by atoms with van der Waals surface area (Å²) in [5.74, 6) is 0.0343. The van der Waals surface area contributed by atoms with Gasteiger partial charge in [-0.1, -0.05) is 12.1 Å². The van der Waals surface area contributed by atoms with Gasteiger partial charge in [-0.15, -0.1) is 0 Å². The molecule has 21 heavy (non-hydrogen) atoms. The summed E-state index contributed by atoms with van der Waals surface area (Å²) in [7, 11) is 0. The third-order valence-electron chi connectivity index (χ3n) is 3.95. The lowest BCUT2D eigenvalue weighted by molar-refractivity contribution is 0.0546. The van der Waals surface area contributed by atoms with Gasteiger partial charge in [0.2, 0.25) is 0 Å². The second-order valence-electron chi connectivity index (χ2n) is 6.54. The SMILES string of the molecule is CC(C)(O)CCc1cccc(C(=O)N2CCC(O)CC2)c1. The molecule has 0 saturated carbocycles. The Labute approximate surface area is 126 Å². The molecule has 1 aromatic carbocycles. The van der Waals surface area contributed by atoms with Gasteiger partial charge in [0.25, 0.3) is 5.91 Å². The van der Waals surface area contributed by atoms with Crippen molar-refractivity contribution in [3.63, 3.8) is 0 Å². The molecule has 1 aromatic rings. The molecule has 0 spiro atoms. The minimum absolute atomic E-state index is 0.0343. The van der Waals surface area contributed by atoms with Gasteiger partial charge < -0.3 is 15.1 Å². The Morgan fingerprint density at radius 3 is 2.62 bits per heavy atom. The molecule has 2 N–H and O–H groups in total. The smallest absolute Gasteiger partial charge is 0.253 e. The molecular formula is C17H25NO3. The minimum Gasteiger partial charge on any atom is -0.393 e. The van der Waals surface area contributed by atoms with Crippen molar-refractivity contribution in [1.82, 2.24) is 4.90 Å². The number of amides is 1. The maximum Gasteiger partial charge on any atom is 0.253 e. The zero-order valence-electron chi connectivity index (χ0n) is 12.9. The first-order valence-corrected chi connectivity index (χ1v) is 7.64. The highest BCUT2D eigenvalue weighted by Crippen LogP contribution is 2.17. The fourth-order valence-corrected chi connectivity index (χ4v) is 2.56. The van der Waals surface area contributed by atoms with Crippen molar-refractivity contribution in [1.29, 1.82) is 0 Å². The highest BCUT2D eigenvalue weighted by molar-refractivity contribution is 5.94. The van der Waals surface area contributed by atoms with E-state index in [-0.39, 0.29) is 12.0 Å². The molecule has 1 amide bonds. The molecule has 116 valence electrons. The Morgan fingerprint density at radius 1 is 1.33 bits per heavy atom. The van der Waals surface area contributed by atoms with E-state index in [4.69, 9.17) is 0 Å². The number of nitrogens with zero attached hydrogens (tertiary/aromatic N) is 1. The Bertz CT molecular complexity index is 485. The van der Waals surface area contributed by atoms with Crippen LogP contribution in [0.4, 0.5) is 0 Å². The molecule has 4 nitrogen and oxygen atoms in total. The van der Waals surface area contributed by atoms with Crippen LogP contribution < -0.4 is 0 Å². The predicted octanol–water partition coefficient (Wildman–Crippen LogP) is 1.99. The lowest BCUT2D eigenvalue weighted by Crippen LogP contribution is -2.40. The highest BCUT2D eigenvalue weighted by atomic mass is 16.3. The number of hydrogen-bond donors (Lipinski definition) is 2. The number of carbonyl (C=O) groups excluding carboxylic acids is 1. The third kappa shape index (κ3) is 4.83.